The van der Waals surface area contributed by atoms with Gasteiger partial charge in [-0.05, 0) is 62.5 Å². The van der Waals surface area contributed by atoms with Crippen LogP contribution in [0, 0.1) is 11.6 Å². The minimum Gasteiger partial charge on any atom is -0.358 e. The van der Waals surface area contributed by atoms with E-state index < -0.39 is 0 Å². The van der Waals surface area contributed by atoms with Crippen LogP contribution in [0.1, 0.15) is 19.4 Å². The van der Waals surface area contributed by atoms with E-state index in [9.17, 15) is 8.78 Å². The lowest BCUT2D eigenvalue weighted by atomic mass is 10.1. The first kappa shape index (κ1) is 21.1. The Morgan fingerprint density at radius 3 is 2.45 bits per heavy atom. The van der Waals surface area contributed by atoms with Crippen molar-refractivity contribution in [3.05, 3.63) is 59.7 Å². The Balaban J connectivity index is 1.60. The van der Waals surface area contributed by atoms with Gasteiger partial charge in [-0.25, -0.2) is 8.78 Å². The molecule has 3 N–H and O–H groups in total. The summed E-state index contributed by atoms with van der Waals surface area (Å²) < 4.78 is 27.6. The number of nitrogens with zero attached hydrogens (tertiary/aromatic N) is 2. The molecule has 1 heterocycles. The Labute approximate surface area is 175 Å². The molecule has 29 heavy (non-hydrogen) atoms. The maximum atomic E-state index is 14.7. The molecular formula is C21H26F2N5S+. The highest BCUT2D eigenvalue weighted by Gasteiger charge is 2.21. The highest BCUT2D eigenvalue weighted by molar-refractivity contribution is 7.80. The van der Waals surface area contributed by atoms with Crippen molar-refractivity contribution >= 4 is 34.4 Å². The molecule has 0 aliphatic carbocycles. The third-order valence-electron chi connectivity index (χ3n) is 5.10. The Bertz CT molecular complexity index is 877. The number of piperazine rings is 1. The predicted octanol–water partition coefficient (Wildman–Crippen LogP) is 2.40. The van der Waals surface area contributed by atoms with E-state index in [1.54, 1.807) is 24.0 Å². The first-order chi connectivity index (χ1) is 14.0. The summed E-state index contributed by atoms with van der Waals surface area (Å²) in [7, 11) is 0. The van der Waals surface area contributed by atoms with Crippen LogP contribution < -0.4 is 20.5 Å². The van der Waals surface area contributed by atoms with Crippen molar-refractivity contribution in [2.24, 2.45) is 5.10 Å². The van der Waals surface area contributed by atoms with Crippen molar-refractivity contribution in [3.63, 3.8) is 0 Å². The summed E-state index contributed by atoms with van der Waals surface area (Å²) in [5, 5.41) is 7.40. The standard InChI is InChI=1S/C21H25F2N5S/c1-3-27-10-12-28(13-11-27)20-9-4-16(14-19(20)23)15(2)25-26-21(29)24-18-7-5-17(22)6-8-18/h4-9,14H,3,10-13H2,1-2H3,(H2,24,26,29)/p+1/b25-15-. The second-order valence-electron chi connectivity index (χ2n) is 7.03. The monoisotopic (exact) mass is 418 g/mol. The Kier molecular flexibility index (Phi) is 7.11. The quantitative estimate of drug-likeness (QED) is 0.396. The molecule has 1 aliphatic heterocycles. The molecule has 0 amide bonds. The van der Waals surface area contributed by atoms with Crippen LogP contribution in [0.5, 0.6) is 0 Å². The van der Waals surface area contributed by atoms with Crippen LogP contribution in [-0.2, 0) is 0 Å². The minimum absolute atomic E-state index is 0.246. The van der Waals surface area contributed by atoms with Crippen molar-refractivity contribution in [1.29, 1.82) is 0 Å². The van der Waals surface area contributed by atoms with E-state index in [4.69, 9.17) is 12.2 Å². The SMILES string of the molecule is CC[NH+]1CCN(c2ccc(/C(C)=N\NC(=S)Nc3ccc(F)cc3)cc2F)CC1. The van der Waals surface area contributed by atoms with Crippen molar-refractivity contribution in [3.8, 4) is 0 Å². The zero-order valence-corrected chi connectivity index (χ0v) is 17.5. The summed E-state index contributed by atoms with van der Waals surface area (Å²) in [6.07, 6.45) is 0. The normalized spacial score (nSPS) is 15.3. The van der Waals surface area contributed by atoms with Crippen molar-refractivity contribution in [1.82, 2.24) is 5.43 Å². The molecule has 154 valence electrons. The number of thiocarbonyl (C=S) groups is 1. The van der Waals surface area contributed by atoms with Gasteiger partial charge in [0.15, 0.2) is 5.11 Å². The summed E-state index contributed by atoms with van der Waals surface area (Å²) in [5.74, 6) is -0.564. The summed E-state index contributed by atoms with van der Waals surface area (Å²) >= 11 is 5.18. The second kappa shape index (κ2) is 9.76. The molecule has 1 fully saturated rings. The molecule has 0 aromatic heterocycles. The van der Waals surface area contributed by atoms with Gasteiger partial charge < -0.3 is 15.1 Å². The fourth-order valence-electron chi connectivity index (χ4n) is 3.30. The van der Waals surface area contributed by atoms with E-state index in [1.165, 1.54) is 18.2 Å². The molecule has 0 radical (unpaired) electrons. The molecule has 0 bridgehead atoms. The number of benzene rings is 2. The van der Waals surface area contributed by atoms with E-state index in [0.29, 0.717) is 22.6 Å². The maximum absolute atomic E-state index is 14.7. The van der Waals surface area contributed by atoms with Gasteiger partial charge in [0.05, 0.1) is 44.1 Å². The van der Waals surface area contributed by atoms with Crippen LogP contribution in [0.25, 0.3) is 0 Å². The second-order valence-corrected chi connectivity index (χ2v) is 7.44. The van der Waals surface area contributed by atoms with Gasteiger partial charge in [-0.1, -0.05) is 6.07 Å². The third kappa shape index (κ3) is 5.71. The largest absolute Gasteiger partial charge is 0.358 e. The number of hydrogen-bond donors (Lipinski definition) is 3. The van der Waals surface area contributed by atoms with Crippen LogP contribution in [0.4, 0.5) is 20.2 Å². The predicted molar refractivity (Wildman–Crippen MR) is 118 cm³/mol. The van der Waals surface area contributed by atoms with Crippen LogP contribution in [-0.4, -0.2) is 43.5 Å². The number of quaternary nitrogens is 1. The molecule has 2 aromatic rings. The Morgan fingerprint density at radius 1 is 1.14 bits per heavy atom. The molecule has 2 aromatic carbocycles. The Morgan fingerprint density at radius 2 is 1.83 bits per heavy atom. The van der Waals surface area contributed by atoms with Gasteiger partial charge in [0.2, 0.25) is 0 Å². The van der Waals surface area contributed by atoms with E-state index in [2.05, 4.69) is 27.7 Å². The van der Waals surface area contributed by atoms with Gasteiger partial charge in [-0.2, -0.15) is 5.10 Å². The smallest absolute Gasteiger partial charge is 0.191 e. The number of nitrogens with one attached hydrogen (secondary N) is 3. The molecular weight excluding hydrogens is 392 g/mol. The fourth-order valence-corrected chi connectivity index (χ4v) is 3.46. The number of likely N-dealkylation sites (N-methyl/N-ethyl adjacent to an activating group) is 1. The molecule has 3 rings (SSSR count). The lowest BCUT2D eigenvalue weighted by Crippen LogP contribution is -3.14. The number of rotatable bonds is 5. The van der Waals surface area contributed by atoms with E-state index >= 15 is 0 Å². The summed E-state index contributed by atoms with van der Waals surface area (Å²) in [4.78, 5) is 3.66. The lowest BCUT2D eigenvalue weighted by Gasteiger charge is -2.33. The zero-order valence-electron chi connectivity index (χ0n) is 16.6. The lowest BCUT2D eigenvalue weighted by molar-refractivity contribution is -0.898. The van der Waals surface area contributed by atoms with Gasteiger partial charge >= 0.3 is 0 Å². The van der Waals surface area contributed by atoms with Gasteiger partial charge in [0.1, 0.15) is 11.6 Å². The van der Waals surface area contributed by atoms with E-state index in [-0.39, 0.29) is 16.7 Å². The highest BCUT2D eigenvalue weighted by atomic mass is 32.1. The summed E-state index contributed by atoms with van der Waals surface area (Å²) in [6.45, 7) is 8.84. The molecule has 1 saturated heterocycles. The number of halogens is 2. The van der Waals surface area contributed by atoms with E-state index in [0.717, 1.165) is 32.7 Å². The van der Waals surface area contributed by atoms with Gasteiger partial charge in [0, 0.05) is 11.3 Å². The van der Waals surface area contributed by atoms with E-state index in [1.807, 2.05) is 12.1 Å². The van der Waals surface area contributed by atoms with Gasteiger partial charge in [0.25, 0.3) is 0 Å². The molecule has 0 saturated carbocycles. The van der Waals surface area contributed by atoms with Crippen molar-refractivity contribution in [2.45, 2.75) is 13.8 Å². The molecule has 5 nitrogen and oxygen atoms in total. The average molecular weight is 419 g/mol. The number of hydrogen-bond acceptors (Lipinski definition) is 3. The van der Waals surface area contributed by atoms with Gasteiger partial charge in [-0.15, -0.1) is 0 Å². The fraction of sp³-hybridized carbons (Fsp3) is 0.333. The van der Waals surface area contributed by atoms with Crippen LogP contribution >= 0.6 is 12.2 Å². The van der Waals surface area contributed by atoms with Crippen molar-refractivity contribution < 1.29 is 13.7 Å². The van der Waals surface area contributed by atoms with Crippen LogP contribution in [0.15, 0.2) is 47.6 Å². The minimum atomic E-state index is -0.317. The number of anilines is 2. The topological polar surface area (TPSA) is 44.1 Å². The van der Waals surface area contributed by atoms with Gasteiger partial charge in [-0.3, -0.25) is 5.43 Å². The molecule has 1 aliphatic rings. The molecule has 8 heteroatoms. The van der Waals surface area contributed by atoms with Crippen LogP contribution in [0.2, 0.25) is 0 Å². The number of hydrazone groups is 1. The maximum Gasteiger partial charge on any atom is 0.191 e. The zero-order chi connectivity index (χ0) is 20.8. The summed E-state index contributed by atoms with van der Waals surface area (Å²) in [5.41, 5.74) is 5.31. The Hall–Kier alpha value is -2.58. The molecule has 0 unspecified atom stereocenters. The third-order valence-corrected chi connectivity index (χ3v) is 5.30. The first-order valence-electron chi connectivity index (χ1n) is 9.71. The highest BCUT2D eigenvalue weighted by Crippen LogP contribution is 2.21. The van der Waals surface area contributed by atoms with Crippen molar-refractivity contribution in [2.75, 3.05) is 42.9 Å². The average Bonchev–Trinajstić information content (AvgIpc) is 2.73. The molecule has 0 spiro atoms. The first-order valence-corrected chi connectivity index (χ1v) is 10.1. The molecule has 0 atom stereocenters. The van der Waals surface area contributed by atoms with Crippen LogP contribution in [0.3, 0.4) is 0 Å². The summed E-state index contributed by atoms with van der Waals surface area (Å²) in [6, 6.07) is 11.0.